The van der Waals surface area contributed by atoms with Crippen molar-refractivity contribution in [2.75, 3.05) is 38.1 Å². The number of amides is 1. The van der Waals surface area contributed by atoms with Crippen LogP contribution in [0.4, 0.5) is 5.82 Å². The Morgan fingerprint density at radius 2 is 2.41 bits per heavy atom. The third-order valence-corrected chi connectivity index (χ3v) is 3.41. The highest BCUT2D eigenvalue weighted by atomic mass is 16.5. The quantitative estimate of drug-likeness (QED) is 0.764. The first kappa shape index (κ1) is 16.6. The minimum atomic E-state index is 0.101. The van der Waals surface area contributed by atoms with Gasteiger partial charge in [-0.2, -0.15) is 5.10 Å². The molecule has 2 N–H and O–H groups in total. The number of aromatic nitrogens is 2. The summed E-state index contributed by atoms with van der Waals surface area (Å²) in [4.78, 5) is 14.0. The molecule has 1 aliphatic heterocycles. The molecule has 0 saturated carbocycles. The van der Waals surface area contributed by atoms with Gasteiger partial charge >= 0.3 is 0 Å². The van der Waals surface area contributed by atoms with Gasteiger partial charge in [0, 0.05) is 44.8 Å². The fourth-order valence-corrected chi connectivity index (χ4v) is 2.38. The molecule has 1 saturated heterocycles. The highest BCUT2D eigenvalue weighted by Gasteiger charge is 2.20. The number of nitrogens with one attached hydrogen (secondary N) is 2. The molecule has 0 bridgehead atoms. The van der Waals surface area contributed by atoms with Crippen LogP contribution in [-0.2, 0) is 9.53 Å². The SMILES string of the molecule is CC(C)NC(=O)CCN1CCO[C@@H](CNc2cccnn2)C1. The molecule has 0 aliphatic carbocycles. The topological polar surface area (TPSA) is 79.4 Å². The third kappa shape index (κ3) is 5.95. The molecule has 0 spiro atoms. The summed E-state index contributed by atoms with van der Waals surface area (Å²) in [5.41, 5.74) is 0. The van der Waals surface area contributed by atoms with E-state index >= 15 is 0 Å². The lowest BCUT2D eigenvalue weighted by atomic mass is 10.2. The Hall–Kier alpha value is -1.73. The van der Waals surface area contributed by atoms with Crippen molar-refractivity contribution in [2.45, 2.75) is 32.4 Å². The number of rotatable bonds is 7. The van der Waals surface area contributed by atoms with E-state index in [-0.39, 0.29) is 18.1 Å². The second kappa shape index (κ2) is 8.65. The molecule has 2 rings (SSSR count). The first-order valence-electron chi connectivity index (χ1n) is 7.78. The molecule has 1 aromatic rings. The Morgan fingerprint density at radius 1 is 1.55 bits per heavy atom. The van der Waals surface area contributed by atoms with E-state index in [2.05, 4.69) is 25.7 Å². The second-order valence-corrected chi connectivity index (χ2v) is 5.76. The predicted octanol–water partition coefficient (Wildman–Crippen LogP) is 0.504. The monoisotopic (exact) mass is 307 g/mol. The third-order valence-electron chi connectivity index (χ3n) is 3.41. The van der Waals surface area contributed by atoms with E-state index in [1.807, 2.05) is 26.0 Å². The van der Waals surface area contributed by atoms with Crippen molar-refractivity contribution in [3.63, 3.8) is 0 Å². The number of morpholine rings is 1. The normalized spacial score (nSPS) is 19.1. The van der Waals surface area contributed by atoms with Gasteiger partial charge in [0.05, 0.1) is 12.7 Å². The zero-order chi connectivity index (χ0) is 15.8. The van der Waals surface area contributed by atoms with Gasteiger partial charge in [0.2, 0.25) is 5.91 Å². The summed E-state index contributed by atoms with van der Waals surface area (Å²) >= 11 is 0. The minimum Gasteiger partial charge on any atom is -0.374 e. The van der Waals surface area contributed by atoms with E-state index in [4.69, 9.17) is 4.74 Å². The Morgan fingerprint density at radius 3 is 3.14 bits per heavy atom. The van der Waals surface area contributed by atoms with Crippen LogP contribution >= 0.6 is 0 Å². The fourth-order valence-electron chi connectivity index (χ4n) is 2.38. The molecule has 1 atom stereocenters. The van der Waals surface area contributed by atoms with Crippen molar-refractivity contribution < 1.29 is 9.53 Å². The summed E-state index contributed by atoms with van der Waals surface area (Å²) in [5, 5.41) is 14.0. The van der Waals surface area contributed by atoms with Gasteiger partial charge < -0.3 is 15.4 Å². The lowest BCUT2D eigenvalue weighted by Crippen LogP contribution is -2.46. The molecule has 1 amide bonds. The van der Waals surface area contributed by atoms with E-state index in [0.717, 1.165) is 25.5 Å². The molecule has 0 aromatic carbocycles. The number of ether oxygens (including phenoxy) is 1. The van der Waals surface area contributed by atoms with Crippen LogP contribution in [0.15, 0.2) is 18.3 Å². The first-order valence-corrected chi connectivity index (χ1v) is 7.78. The zero-order valence-corrected chi connectivity index (χ0v) is 13.3. The standard InChI is InChI=1S/C15H25N5O2/c1-12(2)18-15(21)5-7-20-8-9-22-13(11-20)10-16-14-4-3-6-17-19-14/h3-4,6,12-13H,5,7-11H2,1-2H3,(H,16,19)(H,18,21)/t13-/m0/s1. The average Bonchev–Trinajstić information content (AvgIpc) is 2.52. The van der Waals surface area contributed by atoms with E-state index in [0.29, 0.717) is 19.6 Å². The molecule has 1 aliphatic rings. The lowest BCUT2D eigenvalue weighted by molar-refractivity contribution is -0.122. The molecule has 0 radical (unpaired) electrons. The zero-order valence-electron chi connectivity index (χ0n) is 13.3. The molecule has 0 unspecified atom stereocenters. The summed E-state index contributed by atoms with van der Waals surface area (Å²) in [7, 11) is 0. The summed E-state index contributed by atoms with van der Waals surface area (Å²) < 4.78 is 5.75. The maximum absolute atomic E-state index is 11.7. The van der Waals surface area contributed by atoms with Gasteiger partial charge in [-0.3, -0.25) is 9.69 Å². The van der Waals surface area contributed by atoms with Crippen LogP contribution in [0.5, 0.6) is 0 Å². The van der Waals surface area contributed by atoms with Crippen LogP contribution in [0.1, 0.15) is 20.3 Å². The van der Waals surface area contributed by atoms with Crippen molar-refractivity contribution in [1.29, 1.82) is 0 Å². The number of anilines is 1. The Balaban J connectivity index is 1.69. The largest absolute Gasteiger partial charge is 0.374 e. The summed E-state index contributed by atoms with van der Waals surface area (Å²) in [6, 6.07) is 3.92. The molecule has 7 heteroatoms. The van der Waals surface area contributed by atoms with Gasteiger partial charge in [0.25, 0.3) is 0 Å². The minimum absolute atomic E-state index is 0.101. The van der Waals surface area contributed by atoms with Crippen molar-refractivity contribution in [2.24, 2.45) is 0 Å². The summed E-state index contributed by atoms with van der Waals surface area (Å²) in [6.45, 7) is 7.79. The van der Waals surface area contributed by atoms with Gasteiger partial charge in [-0.05, 0) is 26.0 Å². The Bertz CT molecular complexity index is 455. The van der Waals surface area contributed by atoms with E-state index in [9.17, 15) is 4.79 Å². The molecule has 22 heavy (non-hydrogen) atoms. The van der Waals surface area contributed by atoms with Crippen molar-refractivity contribution >= 4 is 11.7 Å². The number of carbonyl (C=O) groups is 1. The van der Waals surface area contributed by atoms with E-state index in [1.54, 1.807) is 6.20 Å². The van der Waals surface area contributed by atoms with Crippen molar-refractivity contribution in [1.82, 2.24) is 20.4 Å². The molecule has 1 fully saturated rings. The highest BCUT2D eigenvalue weighted by molar-refractivity contribution is 5.76. The molecule has 2 heterocycles. The average molecular weight is 307 g/mol. The van der Waals surface area contributed by atoms with Crippen LogP contribution in [0.2, 0.25) is 0 Å². The number of nitrogens with zero attached hydrogens (tertiary/aromatic N) is 3. The second-order valence-electron chi connectivity index (χ2n) is 5.76. The molecule has 122 valence electrons. The first-order chi connectivity index (χ1) is 10.6. The summed E-state index contributed by atoms with van der Waals surface area (Å²) in [5.74, 6) is 0.857. The molecule has 7 nitrogen and oxygen atoms in total. The summed E-state index contributed by atoms with van der Waals surface area (Å²) in [6.07, 6.45) is 2.28. The van der Waals surface area contributed by atoms with E-state index < -0.39 is 0 Å². The number of hydrogen-bond acceptors (Lipinski definition) is 6. The smallest absolute Gasteiger partial charge is 0.221 e. The Kier molecular flexibility index (Phi) is 6.54. The predicted molar refractivity (Wildman–Crippen MR) is 84.6 cm³/mol. The van der Waals surface area contributed by atoms with Crippen molar-refractivity contribution in [3.8, 4) is 0 Å². The van der Waals surface area contributed by atoms with Gasteiger partial charge in [-0.15, -0.1) is 5.10 Å². The molecular weight excluding hydrogens is 282 g/mol. The maximum Gasteiger partial charge on any atom is 0.221 e. The van der Waals surface area contributed by atoms with Gasteiger partial charge in [0.15, 0.2) is 0 Å². The fraction of sp³-hybridized carbons (Fsp3) is 0.667. The van der Waals surface area contributed by atoms with Crippen LogP contribution < -0.4 is 10.6 Å². The van der Waals surface area contributed by atoms with Crippen LogP contribution in [0.3, 0.4) is 0 Å². The number of hydrogen-bond donors (Lipinski definition) is 2. The molecular formula is C15H25N5O2. The highest BCUT2D eigenvalue weighted by Crippen LogP contribution is 2.07. The van der Waals surface area contributed by atoms with Gasteiger partial charge in [-0.25, -0.2) is 0 Å². The Labute approximate surface area is 131 Å². The van der Waals surface area contributed by atoms with Crippen LogP contribution in [-0.4, -0.2) is 65.9 Å². The lowest BCUT2D eigenvalue weighted by Gasteiger charge is -2.33. The molecule has 1 aromatic heterocycles. The van der Waals surface area contributed by atoms with Crippen molar-refractivity contribution in [3.05, 3.63) is 18.3 Å². The van der Waals surface area contributed by atoms with Gasteiger partial charge in [-0.1, -0.05) is 0 Å². The number of carbonyl (C=O) groups excluding carboxylic acids is 1. The maximum atomic E-state index is 11.7. The van der Waals surface area contributed by atoms with Crippen LogP contribution in [0, 0.1) is 0 Å². The van der Waals surface area contributed by atoms with Gasteiger partial charge in [0.1, 0.15) is 5.82 Å². The van der Waals surface area contributed by atoms with E-state index in [1.165, 1.54) is 0 Å². The van der Waals surface area contributed by atoms with Crippen LogP contribution in [0.25, 0.3) is 0 Å².